The molecule has 4 heteroatoms. The maximum Gasteiger partial charge on any atom is 0.237 e. The molecule has 1 aromatic rings. The number of carbonyl (C=O) groups excluding carboxylic acids is 1. The fraction of sp³-hybridized carbons (Fsp3) is 0.455. The fourth-order valence-electron chi connectivity index (χ4n) is 1.30. The van der Waals surface area contributed by atoms with Gasteiger partial charge in [-0.2, -0.15) is 5.26 Å². The number of hydrogen-bond donors (Lipinski definition) is 2. The molecule has 0 aromatic carbocycles. The summed E-state index contributed by atoms with van der Waals surface area (Å²) in [5, 5.41) is 11.4. The molecule has 80 valence electrons. The standard InChI is InChI=1S/C11H15N3O/c1-2-10(7-12)11(15)14-6-4-9-3-5-13-8-9/h3,5,8,10,13H,2,4,6H2,1H3,(H,14,15). The van der Waals surface area contributed by atoms with E-state index >= 15 is 0 Å². The molecule has 1 heterocycles. The van der Waals surface area contributed by atoms with E-state index in [9.17, 15) is 4.79 Å². The van der Waals surface area contributed by atoms with Crippen molar-refractivity contribution in [1.82, 2.24) is 10.3 Å². The summed E-state index contributed by atoms with van der Waals surface area (Å²) >= 11 is 0. The van der Waals surface area contributed by atoms with Crippen LogP contribution in [0.1, 0.15) is 18.9 Å². The maximum absolute atomic E-state index is 11.4. The van der Waals surface area contributed by atoms with Gasteiger partial charge in [-0.3, -0.25) is 4.79 Å². The lowest BCUT2D eigenvalue weighted by Gasteiger charge is -2.07. The number of aromatic amines is 1. The van der Waals surface area contributed by atoms with Crippen LogP contribution in [0.25, 0.3) is 0 Å². The lowest BCUT2D eigenvalue weighted by atomic mass is 10.1. The second-order valence-corrected chi connectivity index (χ2v) is 3.35. The molecule has 0 bridgehead atoms. The van der Waals surface area contributed by atoms with E-state index in [1.807, 2.05) is 31.5 Å². The summed E-state index contributed by atoms with van der Waals surface area (Å²) in [7, 11) is 0. The van der Waals surface area contributed by atoms with Crippen LogP contribution >= 0.6 is 0 Å². The van der Waals surface area contributed by atoms with Gasteiger partial charge in [-0.15, -0.1) is 0 Å². The zero-order valence-electron chi connectivity index (χ0n) is 8.79. The van der Waals surface area contributed by atoms with Crippen LogP contribution in [0.3, 0.4) is 0 Å². The van der Waals surface area contributed by atoms with Crippen molar-refractivity contribution in [3.8, 4) is 6.07 Å². The zero-order chi connectivity index (χ0) is 11.1. The summed E-state index contributed by atoms with van der Waals surface area (Å²) in [6.07, 6.45) is 5.10. The molecule has 0 aliphatic heterocycles. The molecule has 0 radical (unpaired) electrons. The Bertz CT molecular complexity index is 337. The smallest absolute Gasteiger partial charge is 0.237 e. The second kappa shape index (κ2) is 5.86. The number of nitrogens with one attached hydrogen (secondary N) is 2. The van der Waals surface area contributed by atoms with Crippen molar-refractivity contribution in [3.63, 3.8) is 0 Å². The Labute approximate surface area is 89.3 Å². The van der Waals surface area contributed by atoms with Crippen LogP contribution in [0.15, 0.2) is 18.5 Å². The molecular weight excluding hydrogens is 190 g/mol. The van der Waals surface area contributed by atoms with Crippen LogP contribution in [0, 0.1) is 17.2 Å². The van der Waals surface area contributed by atoms with Crippen molar-refractivity contribution in [1.29, 1.82) is 5.26 Å². The van der Waals surface area contributed by atoms with Gasteiger partial charge >= 0.3 is 0 Å². The predicted molar refractivity (Wildman–Crippen MR) is 56.9 cm³/mol. The monoisotopic (exact) mass is 205 g/mol. The van der Waals surface area contributed by atoms with Gasteiger partial charge in [0.1, 0.15) is 5.92 Å². The van der Waals surface area contributed by atoms with Crippen molar-refractivity contribution in [2.75, 3.05) is 6.54 Å². The predicted octanol–water partition coefficient (Wildman–Crippen LogP) is 1.22. The Morgan fingerprint density at radius 3 is 3.07 bits per heavy atom. The Kier molecular flexibility index (Phi) is 4.42. The maximum atomic E-state index is 11.4. The van der Waals surface area contributed by atoms with Crippen LogP contribution in [-0.2, 0) is 11.2 Å². The van der Waals surface area contributed by atoms with Gasteiger partial charge < -0.3 is 10.3 Å². The lowest BCUT2D eigenvalue weighted by molar-refractivity contribution is -0.123. The van der Waals surface area contributed by atoms with Crippen LogP contribution in [0.2, 0.25) is 0 Å². The fourth-order valence-corrected chi connectivity index (χ4v) is 1.30. The van der Waals surface area contributed by atoms with E-state index < -0.39 is 5.92 Å². The highest BCUT2D eigenvalue weighted by molar-refractivity contribution is 5.80. The summed E-state index contributed by atoms with van der Waals surface area (Å²) in [6.45, 7) is 2.41. The normalized spacial score (nSPS) is 11.7. The summed E-state index contributed by atoms with van der Waals surface area (Å²) in [5.41, 5.74) is 1.15. The first kappa shape index (κ1) is 11.3. The van der Waals surface area contributed by atoms with Crippen LogP contribution < -0.4 is 5.32 Å². The highest BCUT2D eigenvalue weighted by Crippen LogP contribution is 2.00. The van der Waals surface area contributed by atoms with Gasteiger partial charge in [0.2, 0.25) is 5.91 Å². The topological polar surface area (TPSA) is 68.7 Å². The number of amides is 1. The van der Waals surface area contributed by atoms with E-state index in [2.05, 4.69) is 10.3 Å². The minimum absolute atomic E-state index is 0.171. The number of nitriles is 1. The van der Waals surface area contributed by atoms with Gasteiger partial charge in [0.05, 0.1) is 6.07 Å². The first-order chi connectivity index (χ1) is 7.27. The molecule has 0 saturated carbocycles. The average molecular weight is 205 g/mol. The summed E-state index contributed by atoms with van der Waals surface area (Å²) in [4.78, 5) is 14.3. The third-order valence-corrected chi connectivity index (χ3v) is 2.26. The first-order valence-corrected chi connectivity index (χ1v) is 5.07. The Morgan fingerprint density at radius 1 is 1.73 bits per heavy atom. The number of nitrogens with zero attached hydrogens (tertiary/aromatic N) is 1. The second-order valence-electron chi connectivity index (χ2n) is 3.35. The van der Waals surface area contributed by atoms with Crippen molar-refractivity contribution < 1.29 is 4.79 Å². The molecule has 1 rings (SSSR count). The molecule has 1 unspecified atom stereocenters. The van der Waals surface area contributed by atoms with E-state index in [0.717, 1.165) is 12.0 Å². The van der Waals surface area contributed by atoms with Crippen molar-refractivity contribution in [2.45, 2.75) is 19.8 Å². The number of hydrogen-bond acceptors (Lipinski definition) is 2. The Balaban J connectivity index is 2.26. The first-order valence-electron chi connectivity index (χ1n) is 5.07. The number of carbonyl (C=O) groups is 1. The zero-order valence-corrected chi connectivity index (χ0v) is 8.79. The molecule has 2 N–H and O–H groups in total. The van der Waals surface area contributed by atoms with Gasteiger partial charge in [-0.05, 0) is 24.5 Å². The number of aromatic nitrogens is 1. The molecule has 0 spiro atoms. The quantitative estimate of drug-likeness (QED) is 0.759. The van der Waals surface area contributed by atoms with Gasteiger partial charge in [-0.1, -0.05) is 6.92 Å². The van der Waals surface area contributed by atoms with Gasteiger partial charge in [0.15, 0.2) is 0 Å². The highest BCUT2D eigenvalue weighted by atomic mass is 16.1. The van der Waals surface area contributed by atoms with E-state index in [1.165, 1.54) is 0 Å². The highest BCUT2D eigenvalue weighted by Gasteiger charge is 2.13. The summed E-state index contributed by atoms with van der Waals surface area (Å²) in [5.74, 6) is -0.688. The molecule has 0 fully saturated rings. The van der Waals surface area contributed by atoms with Crippen molar-refractivity contribution >= 4 is 5.91 Å². The van der Waals surface area contributed by atoms with Crippen LogP contribution in [0.5, 0.6) is 0 Å². The Hall–Kier alpha value is -1.76. The molecule has 4 nitrogen and oxygen atoms in total. The molecule has 0 saturated heterocycles. The summed E-state index contributed by atoms with van der Waals surface area (Å²) in [6, 6.07) is 3.94. The van der Waals surface area contributed by atoms with E-state index in [0.29, 0.717) is 13.0 Å². The molecular formula is C11H15N3O. The van der Waals surface area contributed by atoms with Gasteiger partial charge in [0, 0.05) is 18.9 Å². The van der Waals surface area contributed by atoms with E-state index in [1.54, 1.807) is 0 Å². The molecule has 1 atom stereocenters. The SMILES string of the molecule is CCC(C#N)C(=O)NCCc1cc[nH]c1. The molecule has 1 amide bonds. The molecule has 1 aromatic heterocycles. The minimum atomic E-state index is -0.517. The minimum Gasteiger partial charge on any atom is -0.367 e. The number of H-pyrrole nitrogens is 1. The third-order valence-electron chi connectivity index (χ3n) is 2.26. The largest absolute Gasteiger partial charge is 0.367 e. The van der Waals surface area contributed by atoms with Gasteiger partial charge in [0.25, 0.3) is 0 Å². The number of rotatable bonds is 5. The van der Waals surface area contributed by atoms with Gasteiger partial charge in [-0.25, -0.2) is 0 Å². The van der Waals surface area contributed by atoms with Crippen molar-refractivity contribution in [3.05, 3.63) is 24.0 Å². The molecule has 0 aliphatic rings. The molecule has 0 aliphatic carbocycles. The van der Waals surface area contributed by atoms with Crippen LogP contribution in [0.4, 0.5) is 0 Å². The Morgan fingerprint density at radius 2 is 2.53 bits per heavy atom. The van der Waals surface area contributed by atoms with E-state index in [-0.39, 0.29) is 5.91 Å². The third kappa shape index (κ3) is 3.47. The lowest BCUT2D eigenvalue weighted by Crippen LogP contribution is -2.31. The van der Waals surface area contributed by atoms with Crippen molar-refractivity contribution in [2.24, 2.45) is 5.92 Å². The summed E-state index contributed by atoms with van der Waals surface area (Å²) < 4.78 is 0. The molecule has 15 heavy (non-hydrogen) atoms. The average Bonchev–Trinajstić information content (AvgIpc) is 2.72. The van der Waals surface area contributed by atoms with Crippen LogP contribution in [-0.4, -0.2) is 17.4 Å². The van der Waals surface area contributed by atoms with E-state index in [4.69, 9.17) is 5.26 Å².